The number of rotatable bonds is 6. The highest BCUT2D eigenvalue weighted by atomic mass is 16.5. The first kappa shape index (κ1) is 27.7. The van der Waals surface area contributed by atoms with Crippen LogP contribution < -0.4 is 30.5 Å². The molecule has 0 unspecified atom stereocenters. The lowest BCUT2D eigenvalue weighted by molar-refractivity contribution is 0.414. The molecule has 0 aliphatic carbocycles. The summed E-state index contributed by atoms with van der Waals surface area (Å²) in [5.74, 6) is 2.33. The third-order valence-electron chi connectivity index (χ3n) is 7.60. The fraction of sp³-hybridized carbons (Fsp3) is 0.0833. The van der Waals surface area contributed by atoms with E-state index in [0.29, 0.717) is 66.8 Å². The molecular weight excluding hydrogens is 576 g/mol. The van der Waals surface area contributed by atoms with Crippen LogP contribution in [0.2, 0.25) is 0 Å². The Morgan fingerprint density at radius 3 is 0.956 bits per heavy atom. The van der Waals surface area contributed by atoms with Crippen molar-refractivity contribution in [3.05, 3.63) is 122 Å². The van der Waals surface area contributed by atoms with Crippen molar-refractivity contribution in [2.24, 2.45) is 0 Å². The first-order valence-corrected chi connectivity index (χ1v) is 13.9. The molecule has 0 bridgehead atoms. The fourth-order valence-corrected chi connectivity index (χ4v) is 5.27. The van der Waals surface area contributed by atoms with Gasteiger partial charge in [-0.2, -0.15) is 0 Å². The average Bonchev–Trinajstić information content (AvgIpc) is 3.07. The number of ether oxygens (including phenoxy) is 3. The second-order valence-electron chi connectivity index (χ2n) is 10.3. The summed E-state index contributed by atoms with van der Waals surface area (Å²) in [5, 5.41) is 1.17. The zero-order chi connectivity index (χ0) is 31.2. The summed E-state index contributed by atoms with van der Waals surface area (Å²) < 4.78 is 34.6. The molecule has 9 heteroatoms. The molecule has 7 rings (SSSR count). The molecular formula is C36H24O9. The van der Waals surface area contributed by atoms with Gasteiger partial charge in [-0.25, -0.2) is 0 Å². The first-order valence-electron chi connectivity index (χ1n) is 13.9. The quantitative estimate of drug-likeness (QED) is 0.198. The maximum Gasteiger partial charge on any atom is 0.193 e. The summed E-state index contributed by atoms with van der Waals surface area (Å²) in [7, 11) is 4.58. The van der Waals surface area contributed by atoms with E-state index in [1.54, 1.807) is 72.8 Å². The highest BCUT2D eigenvalue weighted by Crippen LogP contribution is 2.35. The Bertz CT molecular complexity index is 2180. The van der Waals surface area contributed by atoms with E-state index in [-0.39, 0.29) is 33.6 Å². The van der Waals surface area contributed by atoms with E-state index in [4.69, 9.17) is 27.5 Å². The predicted octanol–water partition coefficient (Wildman–Crippen LogP) is 7.03. The highest BCUT2D eigenvalue weighted by Gasteiger charge is 2.17. The van der Waals surface area contributed by atoms with Gasteiger partial charge in [0.05, 0.1) is 37.5 Å². The average molecular weight is 601 g/mol. The molecule has 0 saturated heterocycles. The van der Waals surface area contributed by atoms with E-state index < -0.39 is 0 Å². The third kappa shape index (κ3) is 5.00. The van der Waals surface area contributed by atoms with Crippen LogP contribution in [0.25, 0.3) is 66.9 Å². The van der Waals surface area contributed by atoms with Crippen LogP contribution in [0, 0.1) is 0 Å². The van der Waals surface area contributed by atoms with Crippen LogP contribution in [0.5, 0.6) is 17.2 Å². The van der Waals surface area contributed by atoms with Gasteiger partial charge in [0, 0.05) is 53.1 Å². The lowest BCUT2D eigenvalue weighted by Crippen LogP contribution is -2.02. The lowest BCUT2D eigenvalue weighted by Gasteiger charge is -2.11. The standard InChI is InChI=1S/C36H24O9/c1-40-22-4-7-25-28(37)16-31(43-34(25)13-22)19-10-20(32-17-29(38)26-8-5-23(41-2)14-35(26)44-32)12-21(11-19)33-18-30(39)27-9-6-24(42-3)15-36(27)45-33/h4-18H,1-3H3. The van der Waals surface area contributed by atoms with Crippen molar-refractivity contribution in [2.45, 2.75) is 0 Å². The minimum absolute atomic E-state index is 0.249. The zero-order valence-corrected chi connectivity index (χ0v) is 24.3. The van der Waals surface area contributed by atoms with Crippen LogP contribution in [-0.4, -0.2) is 21.3 Å². The number of methoxy groups -OCH3 is 3. The zero-order valence-electron chi connectivity index (χ0n) is 24.3. The van der Waals surface area contributed by atoms with Gasteiger partial charge >= 0.3 is 0 Å². The topological polar surface area (TPSA) is 118 Å². The van der Waals surface area contributed by atoms with Crippen LogP contribution in [0.15, 0.2) is 119 Å². The normalized spacial score (nSPS) is 11.3. The summed E-state index contributed by atoms with van der Waals surface area (Å²) in [6.45, 7) is 0. The van der Waals surface area contributed by atoms with Gasteiger partial charge in [0.2, 0.25) is 0 Å². The van der Waals surface area contributed by atoms with Gasteiger partial charge in [-0.15, -0.1) is 0 Å². The Morgan fingerprint density at radius 2 is 0.689 bits per heavy atom. The molecule has 3 aromatic heterocycles. The summed E-state index contributed by atoms with van der Waals surface area (Å²) >= 11 is 0. The Balaban J connectivity index is 1.49. The number of hydrogen-bond acceptors (Lipinski definition) is 9. The second kappa shape index (κ2) is 10.9. The molecule has 0 fully saturated rings. The van der Waals surface area contributed by atoms with Crippen LogP contribution >= 0.6 is 0 Å². The SMILES string of the molecule is COc1ccc2c(=O)cc(-c3cc(-c4cc(=O)c5ccc(OC)cc5o4)cc(-c4cc(=O)c5ccc(OC)cc5o4)c3)oc2c1. The van der Waals surface area contributed by atoms with E-state index in [1.165, 1.54) is 39.5 Å². The molecule has 0 aliphatic rings. The van der Waals surface area contributed by atoms with Crippen molar-refractivity contribution < 1.29 is 27.5 Å². The summed E-state index contributed by atoms with van der Waals surface area (Å²) in [6.07, 6.45) is 0. The Hall–Kier alpha value is -6.09. The van der Waals surface area contributed by atoms with E-state index >= 15 is 0 Å². The van der Waals surface area contributed by atoms with E-state index in [9.17, 15) is 14.4 Å². The van der Waals surface area contributed by atoms with Crippen LogP contribution in [0.3, 0.4) is 0 Å². The molecule has 0 saturated carbocycles. The summed E-state index contributed by atoms with van der Waals surface area (Å²) in [4.78, 5) is 39.4. The molecule has 45 heavy (non-hydrogen) atoms. The van der Waals surface area contributed by atoms with Crippen molar-refractivity contribution in [1.82, 2.24) is 0 Å². The molecule has 9 nitrogen and oxygen atoms in total. The fourth-order valence-electron chi connectivity index (χ4n) is 5.27. The Labute approximate surface area is 254 Å². The largest absolute Gasteiger partial charge is 0.497 e. The third-order valence-corrected chi connectivity index (χ3v) is 7.60. The molecule has 0 spiro atoms. The van der Waals surface area contributed by atoms with E-state index in [2.05, 4.69) is 0 Å². The van der Waals surface area contributed by atoms with Gasteiger partial charge < -0.3 is 27.5 Å². The summed E-state index contributed by atoms with van der Waals surface area (Å²) in [6, 6.07) is 24.3. The van der Waals surface area contributed by atoms with Crippen LogP contribution in [0.4, 0.5) is 0 Å². The van der Waals surface area contributed by atoms with Crippen molar-refractivity contribution in [3.63, 3.8) is 0 Å². The van der Waals surface area contributed by atoms with Gasteiger partial charge in [-0.05, 0) is 54.6 Å². The molecule has 4 aromatic carbocycles. The first-order chi connectivity index (χ1) is 21.8. The molecule has 222 valence electrons. The maximum absolute atomic E-state index is 13.1. The van der Waals surface area contributed by atoms with Crippen molar-refractivity contribution >= 4 is 32.9 Å². The van der Waals surface area contributed by atoms with Gasteiger partial charge in [-0.3, -0.25) is 14.4 Å². The van der Waals surface area contributed by atoms with Gasteiger partial charge in [0.15, 0.2) is 16.3 Å². The van der Waals surface area contributed by atoms with Crippen LogP contribution in [0.1, 0.15) is 0 Å². The van der Waals surface area contributed by atoms with Crippen molar-refractivity contribution in [3.8, 4) is 51.2 Å². The van der Waals surface area contributed by atoms with Crippen molar-refractivity contribution in [1.29, 1.82) is 0 Å². The smallest absolute Gasteiger partial charge is 0.193 e. The van der Waals surface area contributed by atoms with Crippen molar-refractivity contribution in [2.75, 3.05) is 21.3 Å². The molecule has 0 aliphatic heterocycles. The lowest BCUT2D eigenvalue weighted by atomic mass is 9.99. The molecule has 3 heterocycles. The van der Waals surface area contributed by atoms with Gasteiger partial charge in [0.25, 0.3) is 0 Å². The molecule has 0 radical (unpaired) electrons. The number of benzene rings is 4. The van der Waals surface area contributed by atoms with Crippen LogP contribution in [-0.2, 0) is 0 Å². The Morgan fingerprint density at radius 1 is 0.400 bits per heavy atom. The molecule has 0 amide bonds. The molecule has 0 atom stereocenters. The number of hydrogen-bond donors (Lipinski definition) is 0. The van der Waals surface area contributed by atoms with Gasteiger partial charge in [0.1, 0.15) is 51.3 Å². The number of fused-ring (bicyclic) bond motifs is 3. The van der Waals surface area contributed by atoms with E-state index in [1.807, 2.05) is 0 Å². The Kier molecular flexibility index (Phi) is 6.70. The molecule has 0 N–H and O–H groups in total. The van der Waals surface area contributed by atoms with E-state index in [0.717, 1.165) is 0 Å². The predicted molar refractivity (Wildman–Crippen MR) is 171 cm³/mol. The molecule has 7 aromatic rings. The highest BCUT2D eigenvalue weighted by molar-refractivity contribution is 5.85. The second-order valence-corrected chi connectivity index (χ2v) is 10.3. The van der Waals surface area contributed by atoms with Gasteiger partial charge in [-0.1, -0.05) is 0 Å². The minimum atomic E-state index is -0.255. The summed E-state index contributed by atoms with van der Waals surface area (Å²) in [5.41, 5.74) is 1.66. The minimum Gasteiger partial charge on any atom is -0.497 e. The monoisotopic (exact) mass is 600 g/mol. The maximum atomic E-state index is 13.1.